The molecule has 142 valence electrons. The Bertz CT molecular complexity index is 699. The van der Waals surface area contributed by atoms with Crippen LogP contribution in [0.1, 0.15) is 30.4 Å². The second-order valence-electron chi connectivity index (χ2n) is 6.58. The number of aliphatic hydroxyl groups excluding tert-OH is 1. The third-order valence-corrected chi connectivity index (χ3v) is 4.75. The van der Waals surface area contributed by atoms with Crippen LogP contribution in [0.4, 0.5) is 0 Å². The van der Waals surface area contributed by atoms with Crippen LogP contribution in [0.5, 0.6) is 5.75 Å². The summed E-state index contributed by atoms with van der Waals surface area (Å²) < 4.78 is 5.81. The second kappa shape index (κ2) is 8.82. The average molecular weight is 363 g/mol. The Hall–Kier alpha value is -2.38. The van der Waals surface area contributed by atoms with E-state index in [9.17, 15) is 19.8 Å². The number of piperidine rings is 1. The maximum Gasteiger partial charge on any atom is 0.334 e. The molecule has 1 aliphatic rings. The van der Waals surface area contributed by atoms with E-state index >= 15 is 0 Å². The standard InChI is InChI=1S/C19H25NO6/c1-12-6-7-14(9-13(12)2)26-11-20-8-4-3-5-16(20)18(23)15(19(24)25)10-17(21)22/h6-7,9-10,16,18,23H,3-5,8,11H2,1-2H3,(H,21,22)(H,24,25)/b15-10+. The van der Waals surface area contributed by atoms with Crippen molar-refractivity contribution in [1.82, 2.24) is 4.90 Å². The first-order chi connectivity index (χ1) is 12.3. The first kappa shape index (κ1) is 19.9. The van der Waals surface area contributed by atoms with Gasteiger partial charge in [-0.3, -0.25) is 4.90 Å². The van der Waals surface area contributed by atoms with E-state index in [2.05, 4.69) is 0 Å². The first-order valence-electron chi connectivity index (χ1n) is 8.59. The first-order valence-corrected chi connectivity index (χ1v) is 8.59. The lowest BCUT2D eigenvalue weighted by Gasteiger charge is -2.38. The second-order valence-corrected chi connectivity index (χ2v) is 6.58. The summed E-state index contributed by atoms with van der Waals surface area (Å²) in [4.78, 5) is 24.1. The van der Waals surface area contributed by atoms with Gasteiger partial charge in [-0.2, -0.15) is 0 Å². The minimum Gasteiger partial charge on any atom is -0.478 e. The van der Waals surface area contributed by atoms with Gasteiger partial charge in [0.25, 0.3) is 0 Å². The Kier molecular flexibility index (Phi) is 6.76. The molecule has 0 bridgehead atoms. The van der Waals surface area contributed by atoms with E-state index in [0.29, 0.717) is 24.8 Å². The van der Waals surface area contributed by atoms with Crippen LogP contribution in [0, 0.1) is 13.8 Å². The molecule has 7 heteroatoms. The molecule has 0 amide bonds. The molecule has 1 saturated heterocycles. The van der Waals surface area contributed by atoms with Gasteiger partial charge < -0.3 is 20.1 Å². The zero-order valence-corrected chi connectivity index (χ0v) is 15.0. The molecule has 1 aromatic carbocycles. The van der Waals surface area contributed by atoms with Gasteiger partial charge in [0.1, 0.15) is 18.6 Å². The van der Waals surface area contributed by atoms with Crippen LogP contribution >= 0.6 is 0 Å². The van der Waals surface area contributed by atoms with Crippen LogP contribution in [-0.2, 0) is 9.59 Å². The van der Waals surface area contributed by atoms with E-state index in [-0.39, 0.29) is 6.73 Å². The molecule has 2 rings (SSSR count). The summed E-state index contributed by atoms with van der Waals surface area (Å²) in [6, 6.07) is 5.25. The summed E-state index contributed by atoms with van der Waals surface area (Å²) in [7, 11) is 0. The number of likely N-dealkylation sites (tertiary alicyclic amines) is 1. The molecule has 0 aliphatic carbocycles. The van der Waals surface area contributed by atoms with Gasteiger partial charge in [-0.25, -0.2) is 9.59 Å². The van der Waals surface area contributed by atoms with Crippen molar-refractivity contribution < 1.29 is 29.6 Å². The van der Waals surface area contributed by atoms with Crippen LogP contribution in [0.3, 0.4) is 0 Å². The zero-order valence-electron chi connectivity index (χ0n) is 15.0. The Balaban J connectivity index is 2.11. The smallest absolute Gasteiger partial charge is 0.334 e. The summed E-state index contributed by atoms with van der Waals surface area (Å²) in [5.41, 5.74) is 1.75. The van der Waals surface area contributed by atoms with Gasteiger partial charge >= 0.3 is 11.9 Å². The van der Waals surface area contributed by atoms with Crippen molar-refractivity contribution in [3.8, 4) is 5.75 Å². The number of carbonyl (C=O) groups is 2. The lowest BCUT2D eigenvalue weighted by Crippen LogP contribution is -2.49. The Morgan fingerprint density at radius 2 is 2.00 bits per heavy atom. The number of benzene rings is 1. The third kappa shape index (κ3) is 5.06. The molecule has 0 aromatic heterocycles. The fraction of sp³-hybridized carbons (Fsp3) is 0.474. The quantitative estimate of drug-likeness (QED) is 0.636. The highest BCUT2D eigenvalue weighted by atomic mass is 16.5. The minimum absolute atomic E-state index is 0.199. The third-order valence-electron chi connectivity index (χ3n) is 4.75. The molecule has 1 aliphatic heterocycles. The highest BCUT2D eigenvalue weighted by Gasteiger charge is 2.34. The fourth-order valence-corrected chi connectivity index (χ4v) is 3.11. The molecular formula is C19H25NO6. The number of carboxylic acids is 2. The van der Waals surface area contributed by atoms with Crippen molar-refractivity contribution >= 4 is 11.9 Å². The van der Waals surface area contributed by atoms with Crippen LogP contribution in [-0.4, -0.2) is 57.6 Å². The number of aliphatic carboxylic acids is 2. The van der Waals surface area contributed by atoms with Crippen molar-refractivity contribution in [2.45, 2.75) is 45.3 Å². The number of ether oxygens (including phenoxy) is 1. The average Bonchev–Trinajstić information content (AvgIpc) is 2.60. The number of hydrogen-bond donors (Lipinski definition) is 3. The van der Waals surface area contributed by atoms with Crippen molar-refractivity contribution in [3.63, 3.8) is 0 Å². The van der Waals surface area contributed by atoms with E-state index in [0.717, 1.165) is 24.0 Å². The molecule has 0 radical (unpaired) electrons. The topological polar surface area (TPSA) is 107 Å². The molecule has 2 atom stereocenters. The highest BCUT2D eigenvalue weighted by Crippen LogP contribution is 2.24. The fourth-order valence-electron chi connectivity index (χ4n) is 3.11. The van der Waals surface area contributed by atoms with Crippen LogP contribution in [0.2, 0.25) is 0 Å². The van der Waals surface area contributed by atoms with Crippen molar-refractivity contribution in [2.75, 3.05) is 13.3 Å². The molecule has 7 nitrogen and oxygen atoms in total. The normalized spacial score (nSPS) is 19.8. The number of hydrogen-bond acceptors (Lipinski definition) is 5. The number of nitrogens with zero attached hydrogens (tertiary/aromatic N) is 1. The molecule has 0 spiro atoms. The van der Waals surface area contributed by atoms with E-state index in [1.165, 1.54) is 0 Å². The highest BCUT2D eigenvalue weighted by molar-refractivity contribution is 5.95. The number of carboxylic acid groups (broad SMARTS) is 2. The number of rotatable bonds is 7. The van der Waals surface area contributed by atoms with Gasteiger partial charge in [-0.1, -0.05) is 12.5 Å². The predicted molar refractivity (Wildman–Crippen MR) is 95.1 cm³/mol. The van der Waals surface area contributed by atoms with Crippen molar-refractivity contribution in [3.05, 3.63) is 41.0 Å². The van der Waals surface area contributed by atoms with Gasteiger partial charge in [0.15, 0.2) is 0 Å². The maximum absolute atomic E-state index is 11.3. The van der Waals surface area contributed by atoms with Crippen molar-refractivity contribution in [2.24, 2.45) is 0 Å². The molecule has 1 fully saturated rings. The zero-order chi connectivity index (χ0) is 19.3. The Labute approximate surface area is 152 Å². The summed E-state index contributed by atoms with van der Waals surface area (Å²) in [5, 5.41) is 28.6. The summed E-state index contributed by atoms with van der Waals surface area (Å²) >= 11 is 0. The van der Waals surface area contributed by atoms with E-state index in [1.807, 2.05) is 36.9 Å². The molecule has 26 heavy (non-hydrogen) atoms. The van der Waals surface area contributed by atoms with E-state index < -0.39 is 29.7 Å². The van der Waals surface area contributed by atoms with Crippen molar-refractivity contribution in [1.29, 1.82) is 0 Å². The lowest BCUT2D eigenvalue weighted by molar-refractivity contribution is -0.136. The predicted octanol–water partition coefficient (Wildman–Crippen LogP) is 1.95. The SMILES string of the molecule is Cc1ccc(OCN2CCCCC2C(O)/C(=C\C(=O)O)C(=O)O)cc1C. The van der Waals surface area contributed by atoms with E-state index in [1.54, 1.807) is 0 Å². The molecule has 1 heterocycles. The Morgan fingerprint density at radius 1 is 1.27 bits per heavy atom. The molecule has 1 aromatic rings. The largest absolute Gasteiger partial charge is 0.478 e. The van der Waals surface area contributed by atoms with Gasteiger partial charge in [-0.05, 0) is 49.9 Å². The van der Waals surface area contributed by atoms with Crippen LogP contribution in [0.15, 0.2) is 29.8 Å². The Morgan fingerprint density at radius 3 is 2.62 bits per heavy atom. The van der Waals surface area contributed by atoms with Gasteiger partial charge in [0, 0.05) is 18.7 Å². The van der Waals surface area contributed by atoms with Crippen LogP contribution < -0.4 is 4.74 Å². The summed E-state index contributed by atoms with van der Waals surface area (Å²) in [6.45, 7) is 4.85. The molecule has 3 N–H and O–H groups in total. The molecule has 0 saturated carbocycles. The van der Waals surface area contributed by atoms with Gasteiger partial charge in [-0.15, -0.1) is 0 Å². The summed E-state index contributed by atoms with van der Waals surface area (Å²) in [6.07, 6.45) is 1.48. The maximum atomic E-state index is 11.3. The number of aryl methyl sites for hydroxylation is 2. The summed E-state index contributed by atoms with van der Waals surface area (Å²) in [5.74, 6) is -2.12. The van der Waals surface area contributed by atoms with Gasteiger partial charge in [0.2, 0.25) is 0 Å². The minimum atomic E-state index is -1.43. The van der Waals surface area contributed by atoms with Gasteiger partial charge in [0.05, 0.1) is 5.57 Å². The molecule has 2 unspecified atom stereocenters. The lowest BCUT2D eigenvalue weighted by atomic mass is 9.93. The van der Waals surface area contributed by atoms with E-state index in [4.69, 9.17) is 9.84 Å². The number of aliphatic hydroxyl groups is 1. The monoisotopic (exact) mass is 363 g/mol. The van der Waals surface area contributed by atoms with Crippen LogP contribution in [0.25, 0.3) is 0 Å². The molecular weight excluding hydrogens is 338 g/mol.